The second-order valence-electron chi connectivity index (χ2n) is 7.62. The number of fused-ring (bicyclic) bond motifs is 1. The monoisotopic (exact) mass is 336 g/mol. The van der Waals surface area contributed by atoms with Crippen molar-refractivity contribution >= 4 is 23.2 Å². The smallest absolute Gasteiger partial charge is 0.255 e. The van der Waals surface area contributed by atoms with E-state index in [0.29, 0.717) is 17.8 Å². The number of nitrogens with one attached hydrogen (secondary N) is 1. The molecule has 1 aliphatic rings. The first-order valence-corrected chi connectivity index (χ1v) is 8.58. The molecule has 1 N–H and O–H groups in total. The summed E-state index contributed by atoms with van der Waals surface area (Å²) in [4.78, 5) is 26.9. The minimum Gasteiger partial charge on any atom is -0.322 e. The number of rotatable bonds is 2. The van der Waals surface area contributed by atoms with Crippen molar-refractivity contribution in [3.05, 3.63) is 59.2 Å². The maximum Gasteiger partial charge on any atom is 0.255 e. The summed E-state index contributed by atoms with van der Waals surface area (Å²) in [5, 5.41) is 2.94. The summed E-state index contributed by atoms with van der Waals surface area (Å²) < 4.78 is 0. The lowest BCUT2D eigenvalue weighted by molar-refractivity contribution is -0.125. The first kappa shape index (κ1) is 17.2. The molecule has 4 nitrogen and oxygen atoms in total. The van der Waals surface area contributed by atoms with Crippen LogP contribution in [-0.2, 0) is 11.2 Å². The van der Waals surface area contributed by atoms with Crippen LogP contribution in [0.15, 0.2) is 42.5 Å². The van der Waals surface area contributed by atoms with Gasteiger partial charge in [-0.1, -0.05) is 44.5 Å². The van der Waals surface area contributed by atoms with E-state index in [-0.39, 0.29) is 11.8 Å². The summed E-state index contributed by atoms with van der Waals surface area (Å²) in [6.07, 6.45) is 0.850. The van der Waals surface area contributed by atoms with E-state index in [1.165, 1.54) is 0 Å². The standard InChI is InChI=1S/C21H24N2O2/c1-14-6-5-7-16(12-14)19(24)22-17-9-8-15-10-11-23(18(15)13-17)20(25)21(2,3)4/h5-9,12-13H,10-11H2,1-4H3,(H,22,24). The fraction of sp³-hybridized carbons (Fsp3) is 0.333. The molecule has 0 aromatic heterocycles. The average molecular weight is 336 g/mol. The molecule has 0 aliphatic carbocycles. The molecule has 2 aromatic rings. The molecule has 2 amide bonds. The molecule has 4 heteroatoms. The predicted molar refractivity (Wildman–Crippen MR) is 101 cm³/mol. The molecule has 1 heterocycles. The Balaban J connectivity index is 1.84. The number of amides is 2. The minimum atomic E-state index is -0.428. The normalized spacial score (nSPS) is 13.5. The Morgan fingerprint density at radius 2 is 1.84 bits per heavy atom. The Morgan fingerprint density at radius 3 is 2.52 bits per heavy atom. The average Bonchev–Trinajstić information content (AvgIpc) is 2.96. The van der Waals surface area contributed by atoms with Crippen LogP contribution in [-0.4, -0.2) is 18.4 Å². The predicted octanol–water partition coefficient (Wildman–Crippen LogP) is 4.18. The third kappa shape index (κ3) is 3.58. The van der Waals surface area contributed by atoms with Crippen molar-refractivity contribution < 1.29 is 9.59 Å². The second-order valence-corrected chi connectivity index (χ2v) is 7.62. The van der Waals surface area contributed by atoms with E-state index < -0.39 is 5.41 Å². The van der Waals surface area contributed by atoms with E-state index in [4.69, 9.17) is 0 Å². The molecule has 0 atom stereocenters. The van der Waals surface area contributed by atoms with Crippen LogP contribution in [0.1, 0.15) is 42.3 Å². The third-order valence-electron chi connectivity index (χ3n) is 4.41. The van der Waals surface area contributed by atoms with Gasteiger partial charge < -0.3 is 10.2 Å². The van der Waals surface area contributed by atoms with Crippen molar-refractivity contribution in [3.63, 3.8) is 0 Å². The van der Waals surface area contributed by atoms with Gasteiger partial charge in [0.1, 0.15) is 0 Å². The summed E-state index contributed by atoms with van der Waals surface area (Å²) >= 11 is 0. The van der Waals surface area contributed by atoms with Crippen molar-refractivity contribution in [3.8, 4) is 0 Å². The Morgan fingerprint density at radius 1 is 1.08 bits per heavy atom. The molecule has 0 saturated carbocycles. The van der Waals surface area contributed by atoms with E-state index >= 15 is 0 Å². The molecule has 25 heavy (non-hydrogen) atoms. The lowest BCUT2D eigenvalue weighted by Gasteiger charge is -2.26. The van der Waals surface area contributed by atoms with Gasteiger partial charge in [0.25, 0.3) is 5.91 Å². The van der Waals surface area contributed by atoms with Gasteiger partial charge in [0, 0.05) is 28.9 Å². The van der Waals surface area contributed by atoms with Gasteiger partial charge in [-0.15, -0.1) is 0 Å². The molecule has 0 fully saturated rings. The fourth-order valence-corrected chi connectivity index (χ4v) is 3.06. The zero-order chi connectivity index (χ0) is 18.2. The summed E-state index contributed by atoms with van der Waals surface area (Å²) in [6, 6.07) is 13.3. The lowest BCUT2D eigenvalue weighted by atomic mass is 9.94. The molecule has 2 aromatic carbocycles. The van der Waals surface area contributed by atoms with E-state index in [2.05, 4.69) is 5.32 Å². The first-order valence-electron chi connectivity index (χ1n) is 8.58. The van der Waals surface area contributed by atoms with E-state index in [0.717, 1.165) is 23.2 Å². The molecule has 0 saturated heterocycles. The summed E-state index contributed by atoms with van der Waals surface area (Å²) in [5.74, 6) is -0.0382. The van der Waals surface area contributed by atoms with Crippen LogP contribution in [0, 0.1) is 12.3 Å². The van der Waals surface area contributed by atoms with Gasteiger partial charge in [0.05, 0.1) is 0 Å². The summed E-state index contributed by atoms with van der Waals surface area (Å²) in [5.41, 5.74) is 4.00. The van der Waals surface area contributed by atoms with Gasteiger partial charge in [0.2, 0.25) is 5.91 Å². The van der Waals surface area contributed by atoms with Crippen LogP contribution in [0.5, 0.6) is 0 Å². The highest BCUT2D eigenvalue weighted by Gasteiger charge is 2.32. The first-order chi connectivity index (χ1) is 11.8. The SMILES string of the molecule is Cc1cccc(C(=O)Nc2ccc3c(c2)N(C(=O)C(C)(C)C)CC3)c1. The molecular formula is C21H24N2O2. The maximum atomic E-state index is 12.7. The van der Waals surface area contributed by atoms with Crippen molar-refractivity contribution in [2.75, 3.05) is 16.8 Å². The van der Waals surface area contributed by atoms with Crippen molar-refractivity contribution in [2.45, 2.75) is 34.1 Å². The van der Waals surface area contributed by atoms with Gasteiger partial charge in [-0.2, -0.15) is 0 Å². The number of carbonyl (C=O) groups is 2. The van der Waals surface area contributed by atoms with Gasteiger partial charge in [0.15, 0.2) is 0 Å². The number of carbonyl (C=O) groups excluding carboxylic acids is 2. The highest BCUT2D eigenvalue weighted by atomic mass is 16.2. The summed E-state index contributed by atoms with van der Waals surface area (Å²) in [6.45, 7) is 8.44. The Bertz CT molecular complexity index is 834. The van der Waals surface area contributed by atoms with Crippen LogP contribution >= 0.6 is 0 Å². The molecule has 0 spiro atoms. The molecule has 3 rings (SSSR count). The quantitative estimate of drug-likeness (QED) is 0.894. The minimum absolute atomic E-state index is 0.105. The molecule has 0 radical (unpaired) electrons. The van der Waals surface area contributed by atoms with Crippen LogP contribution in [0.3, 0.4) is 0 Å². The van der Waals surface area contributed by atoms with Crippen LogP contribution in [0.4, 0.5) is 11.4 Å². The highest BCUT2D eigenvalue weighted by Crippen LogP contribution is 2.34. The highest BCUT2D eigenvalue weighted by molar-refractivity contribution is 6.05. The lowest BCUT2D eigenvalue weighted by Crippen LogP contribution is -2.38. The van der Waals surface area contributed by atoms with Gasteiger partial charge in [-0.25, -0.2) is 0 Å². The van der Waals surface area contributed by atoms with Crippen molar-refractivity contribution in [1.82, 2.24) is 0 Å². The molecule has 0 unspecified atom stereocenters. The van der Waals surface area contributed by atoms with Gasteiger partial charge >= 0.3 is 0 Å². The molecule has 1 aliphatic heterocycles. The van der Waals surface area contributed by atoms with Crippen LogP contribution in [0.2, 0.25) is 0 Å². The topological polar surface area (TPSA) is 49.4 Å². The fourth-order valence-electron chi connectivity index (χ4n) is 3.06. The maximum absolute atomic E-state index is 12.7. The molecule has 0 bridgehead atoms. The summed E-state index contributed by atoms with van der Waals surface area (Å²) in [7, 11) is 0. The van der Waals surface area contributed by atoms with Crippen molar-refractivity contribution in [1.29, 1.82) is 0 Å². The molecular weight excluding hydrogens is 312 g/mol. The Hall–Kier alpha value is -2.62. The number of anilines is 2. The number of aryl methyl sites for hydroxylation is 1. The Labute approximate surface area is 148 Å². The largest absolute Gasteiger partial charge is 0.322 e. The zero-order valence-corrected chi connectivity index (χ0v) is 15.2. The molecule has 130 valence electrons. The van der Waals surface area contributed by atoms with Crippen LogP contribution < -0.4 is 10.2 Å². The third-order valence-corrected chi connectivity index (χ3v) is 4.41. The van der Waals surface area contributed by atoms with Crippen LogP contribution in [0.25, 0.3) is 0 Å². The zero-order valence-electron chi connectivity index (χ0n) is 15.2. The number of hydrogen-bond acceptors (Lipinski definition) is 2. The van der Waals surface area contributed by atoms with Gasteiger partial charge in [-0.05, 0) is 43.2 Å². The number of benzene rings is 2. The number of hydrogen-bond donors (Lipinski definition) is 1. The van der Waals surface area contributed by atoms with Gasteiger partial charge in [-0.3, -0.25) is 9.59 Å². The number of nitrogens with zero attached hydrogens (tertiary/aromatic N) is 1. The van der Waals surface area contributed by atoms with E-state index in [1.54, 1.807) is 6.07 Å². The van der Waals surface area contributed by atoms with E-state index in [1.807, 2.05) is 69.0 Å². The van der Waals surface area contributed by atoms with Crippen molar-refractivity contribution in [2.24, 2.45) is 5.41 Å². The Kier molecular flexibility index (Phi) is 4.38. The second kappa shape index (κ2) is 6.36. The van der Waals surface area contributed by atoms with E-state index in [9.17, 15) is 9.59 Å².